The Kier molecular flexibility index (Phi) is 7.09. The smallest absolute Gasteiger partial charge is 0.344 e. The number of non-ortho nitro benzene ring substituents is 1. The van der Waals surface area contributed by atoms with Crippen LogP contribution in [0, 0.1) is 10.1 Å². The van der Waals surface area contributed by atoms with E-state index in [1.165, 1.54) is 12.1 Å². The summed E-state index contributed by atoms with van der Waals surface area (Å²) in [5, 5.41) is 10.8. The zero-order chi connectivity index (χ0) is 18.2. The van der Waals surface area contributed by atoms with Crippen molar-refractivity contribution in [1.29, 1.82) is 0 Å². The molecule has 0 aliphatic heterocycles. The minimum atomic E-state index is -0.525. The van der Waals surface area contributed by atoms with Crippen LogP contribution in [0.15, 0.2) is 48.5 Å². The van der Waals surface area contributed by atoms with Gasteiger partial charge in [-0.05, 0) is 24.1 Å². The number of hydrogen-bond donors (Lipinski definition) is 1. The monoisotopic (exact) mass is 381 g/mol. The number of hydrogen-bond acceptors (Lipinski definition) is 6. The first-order valence-electron chi connectivity index (χ1n) is 7.40. The van der Waals surface area contributed by atoms with Crippen molar-refractivity contribution in [3.05, 3.63) is 69.2 Å². The lowest BCUT2D eigenvalue weighted by molar-refractivity contribution is -0.384. The lowest BCUT2D eigenvalue weighted by Gasteiger charge is -2.12. The summed E-state index contributed by atoms with van der Waals surface area (Å²) in [6, 6.07) is 13.0. The SMILES string of the molecule is O=C(COc1ccccc1Cl)OC[C@H](S)Cc1ccc([N+](=O)[O-])cc1. The zero-order valence-corrected chi connectivity index (χ0v) is 14.8. The Morgan fingerprint density at radius 2 is 1.88 bits per heavy atom. The van der Waals surface area contributed by atoms with Gasteiger partial charge in [-0.25, -0.2) is 4.79 Å². The Morgan fingerprint density at radius 1 is 1.20 bits per heavy atom. The van der Waals surface area contributed by atoms with Gasteiger partial charge in [-0.3, -0.25) is 10.1 Å². The third-order valence-electron chi connectivity index (χ3n) is 3.24. The molecule has 0 radical (unpaired) electrons. The number of halogens is 1. The Labute approximate surface area is 155 Å². The van der Waals surface area contributed by atoms with Crippen molar-refractivity contribution in [3.8, 4) is 5.75 Å². The summed E-state index contributed by atoms with van der Waals surface area (Å²) in [5.74, 6) is -0.114. The van der Waals surface area contributed by atoms with Crippen molar-refractivity contribution in [1.82, 2.24) is 0 Å². The third kappa shape index (κ3) is 6.28. The Bertz CT molecular complexity index is 738. The highest BCUT2D eigenvalue weighted by atomic mass is 35.5. The molecule has 0 fully saturated rings. The predicted octanol–water partition coefficient (Wildman–Crippen LogP) is 3.71. The van der Waals surface area contributed by atoms with E-state index >= 15 is 0 Å². The summed E-state index contributed by atoms with van der Waals surface area (Å²) in [6.45, 7) is -0.146. The molecule has 8 heteroatoms. The van der Waals surface area contributed by atoms with Gasteiger partial charge in [-0.1, -0.05) is 35.9 Å². The first-order chi connectivity index (χ1) is 12.0. The van der Waals surface area contributed by atoms with Gasteiger partial charge in [0.25, 0.3) is 5.69 Å². The number of benzene rings is 2. The summed E-state index contributed by atoms with van der Waals surface area (Å²) >= 11 is 10.3. The molecule has 0 aliphatic carbocycles. The van der Waals surface area contributed by atoms with Crippen molar-refractivity contribution < 1.29 is 19.2 Å². The maximum absolute atomic E-state index is 11.7. The molecule has 0 N–H and O–H groups in total. The Balaban J connectivity index is 1.73. The molecular weight excluding hydrogens is 366 g/mol. The average Bonchev–Trinajstić information content (AvgIpc) is 2.59. The summed E-state index contributed by atoms with van der Waals surface area (Å²) in [6.07, 6.45) is 0.514. The maximum atomic E-state index is 11.7. The van der Waals surface area contributed by atoms with Crippen LogP contribution in [0.1, 0.15) is 5.56 Å². The van der Waals surface area contributed by atoms with E-state index in [4.69, 9.17) is 21.1 Å². The highest BCUT2D eigenvalue weighted by molar-refractivity contribution is 7.81. The molecule has 0 bridgehead atoms. The average molecular weight is 382 g/mol. The summed E-state index contributed by atoms with van der Waals surface area (Å²) < 4.78 is 10.4. The maximum Gasteiger partial charge on any atom is 0.344 e. The molecule has 0 unspecified atom stereocenters. The van der Waals surface area contributed by atoms with Gasteiger partial charge >= 0.3 is 5.97 Å². The molecule has 2 aromatic carbocycles. The van der Waals surface area contributed by atoms with Gasteiger partial charge in [-0.15, -0.1) is 0 Å². The quantitative estimate of drug-likeness (QED) is 0.326. The molecule has 132 valence electrons. The normalized spacial score (nSPS) is 11.6. The van der Waals surface area contributed by atoms with Gasteiger partial charge in [0.2, 0.25) is 0 Å². The van der Waals surface area contributed by atoms with Crippen LogP contribution in [0.25, 0.3) is 0 Å². The van der Waals surface area contributed by atoms with Gasteiger partial charge in [0, 0.05) is 17.4 Å². The summed E-state index contributed by atoms with van der Waals surface area (Å²) in [7, 11) is 0. The largest absolute Gasteiger partial charge is 0.480 e. The standard InChI is InChI=1S/C17H16ClNO5S/c18-15-3-1-2-4-16(15)23-11-17(20)24-10-14(25)9-12-5-7-13(8-6-12)19(21)22/h1-8,14,25H,9-11H2/t14-/m1/s1. The van der Waals surface area contributed by atoms with Crippen LogP contribution in [0.5, 0.6) is 5.75 Å². The lowest BCUT2D eigenvalue weighted by Crippen LogP contribution is -2.21. The summed E-state index contributed by atoms with van der Waals surface area (Å²) in [5.41, 5.74) is 0.900. The molecule has 0 aromatic heterocycles. The van der Waals surface area contributed by atoms with Crippen LogP contribution in [0.2, 0.25) is 5.02 Å². The number of nitro groups is 1. The van der Waals surface area contributed by atoms with Gasteiger partial charge in [0.15, 0.2) is 6.61 Å². The fraction of sp³-hybridized carbons (Fsp3) is 0.235. The van der Waals surface area contributed by atoms with Crippen molar-refractivity contribution in [3.63, 3.8) is 0 Å². The van der Waals surface area contributed by atoms with Crippen molar-refractivity contribution in [2.45, 2.75) is 11.7 Å². The Morgan fingerprint density at radius 3 is 2.52 bits per heavy atom. The second kappa shape index (κ2) is 9.29. The van der Waals surface area contributed by atoms with Crippen LogP contribution in [0.3, 0.4) is 0 Å². The number of rotatable bonds is 8. The summed E-state index contributed by atoms with van der Waals surface area (Å²) in [4.78, 5) is 21.9. The van der Waals surface area contributed by atoms with E-state index < -0.39 is 10.9 Å². The molecule has 0 aliphatic rings. The fourth-order valence-electron chi connectivity index (χ4n) is 2.01. The van der Waals surface area contributed by atoms with Gasteiger partial charge in [-0.2, -0.15) is 12.6 Å². The second-order valence-corrected chi connectivity index (χ2v) is 6.32. The van der Waals surface area contributed by atoms with E-state index in [0.29, 0.717) is 17.2 Å². The van der Waals surface area contributed by atoms with E-state index in [1.54, 1.807) is 36.4 Å². The molecule has 0 heterocycles. The topological polar surface area (TPSA) is 78.7 Å². The molecule has 0 spiro atoms. The van der Waals surface area contributed by atoms with E-state index in [2.05, 4.69) is 12.6 Å². The number of nitro benzene ring substituents is 1. The van der Waals surface area contributed by atoms with Crippen molar-refractivity contribution >= 4 is 35.9 Å². The number of ether oxygens (including phenoxy) is 2. The van der Waals surface area contributed by atoms with Crippen molar-refractivity contribution in [2.75, 3.05) is 13.2 Å². The fourth-order valence-corrected chi connectivity index (χ4v) is 2.49. The highest BCUT2D eigenvalue weighted by Gasteiger charge is 2.12. The zero-order valence-electron chi connectivity index (χ0n) is 13.1. The number of carbonyl (C=O) groups is 1. The minimum absolute atomic E-state index is 0.0302. The third-order valence-corrected chi connectivity index (χ3v) is 3.88. The van der Waals surface area contributed by atoms with Crippen molar-refractivity contribution in [2.24, 2.45) is 0 Å². The predicted molar refractivity (Wildman–Crippen MR) is 97.5 cm³/mol. The van der Waals surface area contributed by atoms with E-state index in [0.717, 1.165) is 5.56 Å². The number of nitrogens with zero attached hydrogens (tertiary/aromatic N) is 1. The van der Waals surface area contributed by atoms with Gasteiger partial charge in [0.05, 0.1) is 9.95 Å². The van der Waals surface area contributed by atoms with E-state index in [1.807, 2.05) is 0 Å². The molecule has 2 aromatic rings. The molecule has 1 atom stereocenters. The molecule has 6 nitrogen and oxygen atoms in total. The first kappa shape index (κ1) is 19.1. The van der Waals surface area contributed by atoms with Gasteiger partial charge < -0.3 is 9.47 Å². The number of thiol groups is 1. The molecule has 0 amide bonds. The molecule has 0 saturated carbocycles. The van der Waals surface area contributed by atoms with Crippen LogP contribution >= 0.6 is 24.2 Å². The highest BCUT2D eigenvalue weighted by Crippen LogP contribution is 2.23. The molecule has 0 saturated heterocycles. The van der Waals surface area contributed by atoms with Crippen LogP contribution in [0.4, 0.5) is 5.69 Å². The first-order valence-corrected chi connectivity index (χ1v) is 8.29. The van der Waals surface area contributed by atoms with E-state index in [9.17, 15) is 14.9 Å². The molecule has 25 heavy (non-hydrogen) atoms. The Hall–Kier alpha value is -2.25. The van der Waals surface area contributed by atoms with Crippen LogP contribution in [-0.2, 0) is 16.0 Å². The molecular formula is C17H16ClNO5S. The minimum Gasteiger partial charge on any atom is -0.480 e. The number of carbonyl (C=O) groups excluding carboxylic acids is 1. The van der Waals surface area contributed by atoms with Crippen LogP contribution in [-0.4, -0.2) is 29.4 Å². The number of esters is 1. The number of para-hydroxylation sites is 1. The molecule has 2 rings (SSSR count). The van der Waals surface area contributed by atoms with E-state index in [-0.39, 0.29) is 24.2 Å². The van der Waals surface area contributed by atoms with Gasteiger partial charge in [0.1, 0.15) is 12.4 Å². The van der Waals surface area contributed by atoms with Crippen LogP contribution < -0.4 is 4.74 Å². The second-order valence-electron chi connectivity index (χ2n) is 5.18. The lowest BCUT2D eigenvalue weighted by atomic mass is 10.1.